The standard InChI is InChI=1S/C19H18Cl2N2O4/c1-19(2)10-27-16-8-12(4-5-14(16)23-18(19)25)22-17(24)9-26-15-6-3-11(20)7-13(15)21/h3-8H,9-10H2,1-2H3,(H,22,24)(H,23,25). The van der Waals surface area contributed by atoms with Gasteiger partial charge in [-0.3, -0.25) is 9.59 Å². The molecule has 0 atom stereocenters. The zero-order chi connectivity index (χ0) is 19.6. The molecule has 0 saturated heterocycles. The summed E-state index contributed by atoms with van der Waals surface area (Å²) in [4.78, 5) is 24.3. The van der Waals surface area contributed by atoms with Crippen molar-refractivity contribution in [1.29, 1.82) is 0 Å². The van der Waals surface area contributed by atoms with E-state index in [0.29, 0.717) is 32.9 Å². The molecule has 1 aliphatic rings. The van der Waals surface area contributed by atoms with Gasteiger partial charge in [0.1, 0.15) is 18.1 Å². The molecule has 2 aromatic rings. The second kappa shape index (κ2) is 7.66. The SMILES string of the molecule is CC1(C)COc2cc(NC(=O)COc3ccc(Cl)cc3Cl)ccc2NC1=O. The van der Waals surface area contributed by atoms with Gasteiger partial charge in [-0.05, 0) is 44.2 Å². The summed E-state index contributed by atoms with van der Waals surface area (Å²) in [5.74, 6) is 0.380. The number of anilines is 2. The number of nitrogens with one attached hydrogen (secondary N) is 2. The van der Waals surface area contributed by atoms with Gasteiger partial charge in [-0.1, -0.05) is 23.2 Å². The molecule has 0 spiro atoms. The van der Waals surface area contributed by atoms with Gasteiger partial charge in [0.05, 0.1) is 16.1 Å². The van der Waals surface area contributed by atoms with Crippen LogP contribution in [0.3, 0.4) is 0 Å². The van der Waals surface area contributed by atoms with Gasteiger partial charge in [-0.15, -0.1) is 0 Å². The van der Waals surface area contributed by atoms with E-state index >= 15 is 0 Å². The van der Waals surface area contributed by atoms with E-state index in [4.69, 9.17) is 32.7 Å². The van der Waals surface area contributed by atoms with Crippen LogP contribution < -0.4 is 20.1 Å². The van der Waals surface area contributed by atoms with Crippen molar-refractivity contribution in [3.8, 4) is 11.5 Å². The monoisotopic (exact) mass is 408 g/mol. The normalized spacial score (nSPS) is 15.0. The van der Waals surface area contributed by atoms with E-state index in [0.717, 1.165) is 0 Å². The highest BCUT2D eigenvalue weighted by Gasteiger charge is 2.32. The van der Waals surface area contributed by atoms with Crippen molar-refractivity contribution in [2.45, 2.75) is 13.8 Å². The molecule has 0 unspecified atom stereocenters. The van der Waals surface area contributed by atoms with Gasteiger partial charge in [0.2, 0.25) is 5.91 Å². The van der Waals surface area contributed by atoms with Gasteiger partial charge >= 0.3 is 0 Å². The molecule has 2 aromatic carbocycles. The second-order valence-corrected chi connectivity index (χ2v) is 7.59. The van der Waals surface area contributed by atoms with Gasteiger partial charge in [-0.2, -0.15) is 0 Å². The average Bonchev–Trinajstić information content (AvgIpc) is 2.71. The molecule has 0 aliphatic carbocycles. The minimum Gasteiger partial charge on any atom is -0.490 e. The molecule has 3 rings (SSSR count). The third-order valence-corrected chi connectivity index (χ3v) is 4.50. The van der Waals surface area contributed by atoms with E-state index in [9.17, 15) is 9.59 Å². The lowest BCUT2D eigenvalue weighted by Crippen LogP contribution is -2.33. The zero-order valence-corrected chi connectivity index (χ0v) is 16.3. The molecular formula is C19H18Cl2N2O4. The Labute approximate surface area is 166 Å². The fourth-order valence-corrected chi connectivity index (χ4v) is 2.83. The van der Waals surface area contributed by atoms with E-state index in [2.05, 4.69) is 10.6 Å². The molecule has 2 N–H and O–H groups in total. The van der Waals surface area contributed by atoms with Crippen LogP contribution in [0.2, 0.25) is 10.0 Å². The van der Waals surface area contributed by atoms with Crippen molar-refractivity contribution in [3.63, 3.8) is 0 Å². The minimum atomic E-state index is -0.645. The van der Waals surface area contributed by atoms with E-state index in [1.54, 1.807) is 44.2 Å². The number of hydrogen-bond acceptors (Lipinski definition) is 4. The van der Waals surface area contributed by atoms with Crippen LogP contribution in [0.25, 0.3) is 0 Å². The predicted octanol–water partition coefficient (Wildman–Crippen LogP) is 4.37. The lowest BCUT2D eigenvalue weighted by Gasteiger charge is -2.18. The number of fused-ring (bicyclic) bond motifs is 1. The third kappa shape index (κ3) is 4.64. The Morgan fingerprint density at radius 3 is 2.78 bits per heavy atom. The molecule has 0 bridgehead atoms. The molecule has 27 heavy (non-hydrogen) atoms. The van der Waals surface area contributed by atoms with Crippen molar-refractivity contribution in [3.05, 3.63) is 46.4 Å². The summed E-state index contributed by atoms with van der Waals surface area (Å²) in [6.45, 7) is 3.62. The summed E-state index contributed by atoms with van der Waals surface area (Å²) >= 11 is 11.8. The highest BCUT2D eigenvalue weighted by atomic mass is 35.5. The number of amides is 2. The number of benzene rings is 2. The fraction of sp³-hybridized carbons (Fsp3) is 0.263. The number of halogens is 2. The lowest BCUT2D eigenvalue weighted by molar-refractivity contribution is -0.125. The van der Waals surface area contributed by atoms with Crippen molar-refractivity contribution >= 4 is 46.4 Å². The Morgan fingerprint density at radius 1 is 1.26 bits per heavy atom. The number of ether oxygens (including phenoxy) is 2. The molecule has 0 fully saturated rings. The zero-order valence-electron chi connectivity index (χ0n) is 14.8. The smallest absolute Gasteiger partial charge is 0.262 e. The maximum atomic E-state index is 12.1. The van der Waals surface area contributed by atoms with Gasteiger partial charge in [0.15, 0.2) is 6.61 Å². The summed E-state index contributed by atoms with van der Waals surface area (Å²) in [6, 6.07) is 9.77. The van der Waals surface area contributed by atoms with Gasteiger partial charge in [0.25, 0.3) is 5.91 Å². The summed E-state index contributed by atoms with van der Waals surface area (Å²) in [6.07, 6.45) is 0. The van der Waals surface area contributed by atoms with Crippen molar-refractivity contribution in [2.24, 2.45) is 5.41 Å². The maximum Gasteiger partial charge on any atom is 0.262 e. The molecule has 2 amide bonds. The van der Waals surface area contributed by atoms with Crippen LogP contribution in [0.1, 0.15) is 13.8 Å². The van der Waals surface area contributed by atoms with E-state index in [1.807, 2.05) is 0 Å². The molecule has 0 aromatic heterocycles. The largest absolute Gasteiger partial charge is 0.490 e. The van der Waals surface area contributed by atoms with E-state index in [-0.39, 0.29) is 25.0 Å². The van der Waals surface area contributed by atoms with Crippen LogP contribution in [0.5, 0.6) is 11.5 Å². The molecule has 0 saturated carbocycles. The van der Waals surface area contributed by atoms with E-state index in [1.165, 1.54) is 6.07 Å². The number of hydrogen-bond donors (Lipinski definition) is 2. The average molecular weight is 409 g/mol. The summed E-state index contributed by atoms with van der Waals surface area (Å²) in [7, 11) is 0. The van der Waals surface area contributed by atoms with Crippen LogP contribution in [0.15, 0.2) is 36.4 Å². The first-order chi connectivity index (χ1) is 12.7. The molecule has 1 aliphatic heterocycles. The number of rotatable bonds is 4. The summed E-state index contributed by atoms with van der Waals surface area (Å²) in [5.41, 5.74) is 0.444. The van der Waals surface area contributed by atoms with Crippen LogP contribution in [-0.4, -0.2) is 25.0 Å². The molecule has 6 nitrogen and oxygen atoms in total. The topological polar surface area (TPSA) is 76.7 Å². The fourth-order valence-electron chi connectivity index (χ4n) is 2.37. The second-order valence-electron chi connectivity index (χ2n) is 6.75. The first-order valence-electron chi connectivity index (χ1n) is 8.20. The van der Waals surface area contributed by atoms with Crippen LogP contribution in [0.4, 0.5) is 11.4 Å². The summed E-state index contributed by atoms with van der Waals surface area (Å²) < 4.78 is 11.1. The minimum absolute atomic E-state index is 0.119. The maximum absolute atomic E-state index is 12.1. The van der Waals surface area contributed by atoms with Crippen molar-refractivity contribution in [1.82, 2.24) is 0 Å². The lowest BCUT2D eigenvalue weighted by atomic mass is 9.94. The highest BCUT2D eigenvalue weighted by molar-refractivity contribution is 6.35. The predicted molar refractivity (Wildman–Crippen MR) is 105 cm³/mol. The summed E-state index contributed by atoms with van der Waals surface area (Å²) in [5, 5.41) is 6.35. The van der Waals surface area contributed by atoms with Crippen molar-refractivity contribution < 1.29 is 19.1 Å². The molecular weight excluding hydrogens is 391 g/mol. The van der Waals surface area contributed by atoms with Gasteiger partial charge in [0, 0.05) is 16.8 Å². The Kier molecular flexibility index (Phi) is 5.48. The highest BCUT2D eigenvalue weighted by Crippen LogP contribution is 2.34. The Morgan fingerprint density at radius 2 is 2.04 bits per heavy atom. The van der Waals surface area contributed by atoms with Gasteiger partial charge < -0.3 is 20.1 Å². The van der Waals surface area contributed by atoms with E-state index < -0.39 is 5.41 Å². The Bertz CT molecular complexity index is 899. The van der Waals surface area contributed by atoms with Crippen LogP contribution >= 0.6 is 23.2 Å². The third-order valence-electron chi connectivity index (χ3n) is 3.97. The van der Waals surface area contributed by atoms with Crippen LogP contribution in [0, 0.1) is 5.41 Å². The number of carbonyl (C=O) groups is 2. The number of carbonyl (C=O) groups excluding carboxylic acids is 2. The Hall–Kier alpha value is -2.44. The van der Waals surface area contributed by atoms with Crippen LogP contribution in [-0.2, 0) is 9.59 Å². The molecule has 142 valence electrons. The Balaban J connectivity index is 1.64. The first-order valence-corrected chi connectivity index (χ1v) is 8.96. The quantitative estimate of drug-likeness (QED) is 0.787. The molecule has 8 heteroatoms. The first kappa shape index (κ1) is 19.3. The molecule has 1 heterocycles. The molecule has 0 radical (unpaired) electrons. The van der Waals surface area contributed by atoms with Gasteiger partial charge in [-0.25, -0.2) is 0 Å². The van der Waals surface area contributed by atoms with Crippen molar-refractivity contribution in [2.75, 3.05) is 23.8 Å².